The molecule has 0 atom stereocenters. The van der Waals surface area contributed by atoms with Crippen molar-refractivity contribution >= 4 is 5.91 Å². The Balaban J connectivity index is 2.12. The first kappa shape index (κ1) is 13.1. The highest BCUT2D eigenvalue weighted by atomic mass is 19.1. The van der Waals surface area contributed by atoms with E-state index in [4.69, 9.17) is 10.5 Å². The molecule has 0 aromatic heterocycles. The molecule has 98 valence electrons. The zero-order chi connectivity index (χ0) is 13.8. The topological polar surface area (TPSA) is 52.3 Å². The third kappa shape index (κ3) is 3.31. The van der Waals surface area contributed by atoms with Crippen LogP contribution in [0.1, 0.15) is 21.5 Å². The van der Waals surface area contributed by atoms with Gasteiger partial charge in [0.2, 0.25) is 5.91 Å². The SMILES string of the molecule is Cc1ccc(F)c(OCc2cccc(C(N)=O)c2)c1. The van der Waals surface area contributed by atoms with E-state index in [1.807, 2.05) is 6.92 Å². The number of ether oxygens (including phenoxy) is 1. The van der Waals surface area contributed by atoms with Gasteiger partial charge in [0.1, 0.15) is 6.61 Å². The molecule has 0 aliphatic rings. The first-order valence-corrected chi connectivity index (χ1v) is 5.84. The number of hydrogen-bond acceptors (Lipinski definition) is 2. The van der Waals surface area contributed by atoms with Crippen molar-refractivity contribution in [2.24, 2.45) is 5.73 Å². The van der Waals surface area contributed by atoms with Gasteiger partial charge in [-0.1, -0.05) is 18.2 Å². The lowest BCUT2D eigenvalue weighted by atomic mass is 10.1. The summed E-state index contributed by atoms with van der Waals surface area (Å²) in [7, 11) is 0. The highest BCUT2D eigenvalue weighted by molar-refractivity contribution is 5.92. The maximum atomic E-state index is 13.5. The Bertz CT molecular complexity index is 611. The Labute approximate surface area is 110 Å². The molecule has 0 unspecified atom stereocenters. The van der Waals surface area contributed by atoms with Crippen LogP contribution in [-0.4, -0.2) is 5.91 Å². The third-order valence-electron chi connectivity index (χ3n) is 2.69. The second-order valence-electron chi connectivity index (χ2n) is 4.29. The van der Waals surface area contributed by atoms with E-state index in [0.29, 0.717) is 5.56 Å². The smallest absolute Gasteiger partial charge is 0.248 e. The number of amides is 1. The highest BCUT2D eigenvalue weighted by Gasteiger charge is 2.05. The number of rotatable bonds is 4. The van der Waals surface area contributed by atoms with Gasteiger partial charge in [-0.3, -0.25) is 4.79 Å². The van der Waals surface area contributed by atoms with Crippen molar-refractivity contribution in [1.29, 1.82) is 0 Å². The van der Waals surface area contributed by atoms with Crippen LogP contribution < -0.4 is 10.5 Å². The third-order valence-corrected chi connectivity index (χ3v) is 2.69. The molecule has 0 saturated heterocycles. The van der Waals surface area contributed by atoms with E-state index in [9.17, 15) is 9.18 Å². The van der Waals surface area contributed by atoms with Gasteiger partial charge in [-0.25, -0.2) is 4.39 Å². The summed E-state index contributed by atoms with van der Waals surface area (Å²) in [6, 6.07) is 11.4. The number of hydrogen-bond donors (Lipinski definition) is 1. The van der Waals surface area contributed by atoms with E-state index in [-0.39, 0.29) is 12.4 Å². The predicted octanol–water partition coefficient (Wildman–Crippen LogP) is 2.81. The second-order valence-corrected chi connectivity index (χ2v) is 4.29. The highest BCUT2D eigenvalue weighted by Crippen LogP contribution is 2.19. The summed E-state index contributed by atoms with van der Waals surface area (Å²) in [5.74, 6) is -0.704. The maximum Gasteiger partial charge on any atom is 0.248 e. The molecule has 0 bridgehead atoms. The van der Waals surface area contributed by atoms with Crippen LogP contribution in [0.2, 0.25) is 0 Å². The summed E-state index contributed by atoms with van der Waals surface area (Å²) in [4.78, 5) is 11.0. The molecular formula is C15H14FNO2. The average molecular weight is 259 g/mol. The van der Waals surface area contributed by atoms with Crippen LogP contribution in [0.3, 0.4) is 0 Å². The Morgan fingerprint density at radius 1 is 1.26 bits per heavy atom. The molecule has 0 fully saturated rings. The first-order valence-electron chi connectivity index (χ1n) is 5.84. The van der Waals surface area contributed by atoms with Gasteiger partial charge in [0.15, 0.2) is 11.6 Å². The zero-order valence-electron chi connectivity index (χ0n) is 10.5. The average Bonchev–Trinajstić information content (AvgIpc) is 2.40. The predicted molar refractivity (Wildman–Crippen MR) is 70.4 cm³/mol. The van der Waals surface area contributed by atoms with Crippen LogP contribution >= 0.6 is 0 Å². The monoisotopic (exact) mass is 259 g/mol. The lowest BCUT2D eigenvalue weighted by Crippen LogP contribution is -2.11. The molecule has 2 aromatic rings. The minimum atomic E-state index is -0.497. The largest absolute Gasteiger partial charge is 0.486 e. The molecular weight excluding hydrogens is 245 g/mol. The van der Waals surface area contributed by atoms with E-state index >= 15 is 0 Å². The van der Waals surface area contributed by atoms with Crippen molar-refractivity contribution in [2.45, 2.75) is 13.5 Å². The summed E-state index contributed by atoms with van der Waals surface area (Å²) >= 11 is 0. The van der Waals surface area contributed by atoms with Gasteiger partial charge in [0, 0.05) is 5.56 Å². The zero-order valence-corrected chi connectivity index (χ0v) is 10.5. The summed E-state index contributed by atoms with van der Waals surface area (Å²) in [5.41, 5.74) is 7.28. The Hall–Kier alpha value is -2.36. The van der Waals surface area contributed by atoms with Crippen molar-refractivity contribution in [3.63, 3.8) is 0 Å². The van der Waals surface area contributed by atoms with Gasteiger partial charge in [-0.15, -0.1) is 0 Å². The molecule has 0 radical (unpaired) electrons. The van der Waals surface area contributed by atoms with Gasteiger partial charge in [0.25, 0.3) is 0 Å². The number of benzene rings is 2. The molecule has 3 nitrogen and oxygen atoms in total. The summed E-state index contributed by atoms with van der Waals surface area (Å²) in [5, 5.41) is 0. The molecule has 1 amide bonds. The second kappa shape index (κ2) is 5.52. The molecule has 2 aromatic carbocycles. The maximum absolute atomic E-state index is 13.5. The Morgan fingerprint density at radius 2 is 2.05 bits per heavy atom. The minimum absolute atomic E-state index is 0.182. The molecule has 0 saturated carbocycles. The molecule has 2 rings (SSSR count). The van der Waals surface area contributed by atoms with Crippen LogP contribution in [0.25, 0.3) is 0 Å². The standard InChI is InChI=1S/C15H14FNO2/c1-10-5-6-13(16)14(7-10)19-9-11-3-2-4-12(8-11)15(17)18/h2-8H,9H2,1H3,(H2,17,18). The quantitative estimate of drug-likeness (QED) is 0.917. The van der Waals surface area contributed by atoms with E-state index in [2.05, 4.69) is 0 Å². The molecule has 0 spiro atoms. The van der Waals surface area contributed by atoms with Crippen molar-refractivity contribution in [1.82, 2.24) is 0 Å². The number of nitrogens with two attached hydrogens (primary N) is 1. The Kier molecular flexibility index (Phi) is 3.80. The number of primary amides is 1. The van der Waals surface area contributed by atoms with Crippen molar-refractivity contribution in [3.05, 3.63) is 65.0 Å². The van der Waals surface area contributed by atoms with Crippen LogP contribution in [0, 0.1) is 12.7 Å². The molecule has 0 aliphatic heterocycles. The van der Waals surface area contributed by atoms with Gasteiger partial charge < -0.3 is 10.5 Å². The fourth-order valence-corrected chi connectivity index (χ4v) is 1.70. The summed E-state index contributed by atoms with van der Waals surface area (Å²) in [6.07, 6.45) is 0. The fourth-order valence-electron chi connectivity index (χ4n) is 1.70. The minimum Gasteiger partial charge on any atom is -0.486 e. The summed E-state index contributed by atoms with van der Waals surface area (Å²) in [6.45, 7) is 2.04. The van der Waals surface area contributed by atoms with Crippen LogP contribution in [0.4, 0.5) is 4.39 Å². The van der Waals surface area contributed by atoms with Crippen molar-refractivity contribution < 1.29 is 13.9 Å². The summed E-state index contributed by atoms with van der Waals surface area (Å²) < 4.78 is 18.9. The number of aryl methyl sites for hydroxylation is 1. The van der Waals surface area contributed by atoms with Crippen LogP contribution in [0.15, 0.2) is 42.5 Å². The van der Waals surface area contributed by atoms with Crippen LogP contribution in [-0.2, 0) is 6.61 Å². The molecule has 0 heterocycles. The lowest BCUT2D eigenvalue weighted by Gasteiger charge is -2.08. The van der Waals surface area contributed by atoms with Gasteiger partial charge in [-0.05, 0) is 42.3 Å². The lowest BCUT2D eigenvalue weighted by molar-refractivity contribution is 0.1000. The normalized spacial score (nSPS) is 10.2. The number of halogens is 1. The molecule has 4 heteroatoms. The van der Waals surface area contributed by atoms with Gasteiger partial charge in [-0.2, -0.15) is 0 Å². The van der Waals surface area contributed by atoms with Gasteiger partial charge >= 0.3 is 0 Å². The molecule has 19 heavy (non-hydrogen) atoms. The van der Waals surface area contributed by atoms with E-state index in [1.54, 1.807) is 36.4 Å². The van der Waals surface area contributed by atoms with Crippen molar-refractivity contribution in [2.75, 3.05) is 0 Å². The van der Waals surface area contributed by atoms with Crippen LogP contribution in [0.5, 0.6) is 5.75 Å². The van der Waals surface area contributed by atoms with E-state index in [0.717, 1.165) is 11.1 Å². The fraction of sp³-hybridized carbons (Fsp3) is 0.133. The molecule has 0 aliphatic carbocycles. The number of carbonyl (C=O) groups is 1. The van der Waals surface area contributed by atoms with E-state index < -0.39 is 11.7 Å². The number of carbonyl (C=O) groups excluding carboxylic acids is 1. The van der Waals surface area contributed by atoms with Crippen molar-refractivity contribution in [3.8, 4) is 5.75 Å². The Morgan fingerprint density at radius 3 is 2.79 bits per heavy atom. The molecule has 2 N–H and O–H groups in total. The van der Waals surface area contributed by atoms with Gasteiger partial charge in [0.05, 0.1) is 0 Å². The van der Waals surface area contributed by atoms with E-state index in [1.165, 1.54) is 6.07 Å². The first-order chi connectivity index (χ1) is 9.06.